The van der Waals surface area contributed by atoms with Gasteiger partial charge in [0, 0.05) is 0 Å². The van der Waals surface area contributed by atoms with Crippen LogP contribution in [0.3, 0.4) is 0 Å². The van der Waals surface area contributed by atoms with E-state index in [0.717, 1.165) is 0 Å². The summed E-state index contributed by atoms with van der Waals surface area (Å²) in [7, 11) is -8.23. The molecule has 0 aliphatic heterocycles. The highest BCUT2D eigenvalue weighted by atomic mass is 31.2. The minimum atomic E-state index is -4.25. The second kappa shape index (κ2) is 9.46. The van der Waals surface area contributed by atoms with Crippen molar-refractivity contribution in [1.29, 1.82) is 0 Å². The van der Waals surface area contributed by atoms with Crippen LogP contribution in [-0.4, -0.2) is 33.5 Å². The molecule has 0 radical (unpaired) electrons. The first-order valence-electron chi connectivity index (χ1n) is 5.36. The summed E-state index contributed by atoms with van der Waals surface area (Å²) in [5.41, 5.74) is -1.08. The number of phosphoric acid groups is 2. The summed E-state index contributed by atoms with van der Waals surface area (Å²) in [6.07, 6.45) is 6.31. The molecule has 1 atom stereocenters. The first-order valence-corrected chi connectivity index (χ1v) is 8.38. The Hall–Kier alpha value is -0.480. The molecule has 0 bridgehead atoms. The summed E-state index contributed by atoms with van der Waals surface area (Å²) >= 11 is 0. The third kappa shape index (κ3) is 15.6. The standard InChI is InChI=1S/C7H13O4P.C3H7O4P/c1-5-7(3,4)11-12(8,9)10-6-2;1-2-3-7-8(4,5)6/h1H,6H2,2-4H3,(H,8,9);2H,1,3H2,(H2,4,5,6). The summed E-state index contributed by atoms with van der Waals surface area (Å²) in [5, 5.41) is 0. The van der Waals surface area contributed by atoms with Crippen LogP contribution in [0, 0.1) is 12.3 Å². The fourth-order valence-corrected chi connectivity index (χ4v) is 1.96. The molecule has 1 unspecified atom stereocenters. The summed E-state index contributed by atoms with van der Waals surface area (Å²) < 4.78 is 33.9. The molecule has 0 amide bonds. The molecule has 0 spiro atoms. The Labute approximate surface area is 118 Å². The van der Waals surface area contributed by atoms with Crippen LogP contribution in [0.15, 0.2) is 12.7 Å². The fourth-order valence-electron chi connectivity index (χ4n) is 0.654. The third-order valence-corrected chi connectivity index (χ3v) is 3.10. The van der Waals surface area contributed by atoms with E-state index in [0.29, 0.717) is 0 Å². The van der Waals surface area contributed by atoms with E-state index in [9.17, 15) is 9.13 Å². The van der Waals surface area contributed by atoms with Gasteiger partial charge in [-0.1, -0.05) is 12.0 Å². The van der Waals surface area contributed by atoms with Gasteiger partial charge in [0.25, 0.3) is 0 Å². The Morgan fingerprint density at radius 2 is 1.80 bits per heavy atom. The van der Waals surface area contributed by atoms with E-state index in [4.69, 9.17) is 21.1 Å². The number of rotatable bonds is 7. The molecular formula is C10H20O8P2. The van der Waals surface area contributed by atoms with Crippen molar-refractivity contribution < 1.29 is 37.4 Å². The summed E-state index contributed by atoms with van der Waals surface area (Å²) in [6.45, 7) is 7.79. The van der Waals surface area contributed by atoms with Crippen molar-refractivity contribution in [2.45, 2.75) is 26.4 Å². The molecule has 0 heterocycles. The highest BCUT2D eigenvalue weighted by Gasteiger charge is 2.29. The number of hydrogen-bond acceptors (Lipinski definition) is 5. The molecule has 3 N–H and O–H groups in total. The highest BCUT2D eigenvalue weighted by molar-refractivity contribution is 7.47. The second-order valence-electron chi connectivity index (χ2n) is 3.71. The van der Waals surface area contributed by atoms with E-state index in [2.05, 4.69) is 26.1 Å². The summed E-state index contributed by atoms with van der Waals surface area (Å²) in [6, 6.07) is 0. The zero-order valence-corrected chi connectivity index (χ0v) is 13.3. The second-order valence-corrected chi connectivity index (χ2v) is 6.32. The molecule has 0 fully saturated rings. The highest BCUT2D eigenvalue weighted by Crippen LogP contribution is 2.46. The Morgan fingerprint density at radius 3 is 2.05 bits per heavy atom. The molecular weight excluding hydrogens is 310 g/mol. The lowest BCUT2D eigenvalue weighted by Crippen LogP contribution is -2.20. The lowest BCUT2D eigenvalue weighted by molar-refractivity contribution is 0.0889. The van der Waals surface area contributed by atoms with Gasteiger partial charge >= 0.3 is 15.6 Å². The minimum Gasteiger partial charge on any atom is -0.303 e. The van der Waals surface area contributed by atoms with Crippen LogP contribution < -0.4 is 0 Å². The van der Waals surface area contributed by atoms with Crippen LogP contribution in [0.4, 0.5) is 0 Å². The normalized spacial score (nSPS) is 14.4. The van der Waals surface area contributed by atoms with Gasteiger partial charge in [-0.15, -0.1) is 13.0 Å². The molecule has 0 aromatic heterocycles. The van der Waals surface area contributed by atoms with E-state index in [1.54, 1.807) is 6.92 Å². The van der Waals surface area contributed by atoms with Crippen molar-refractivity contribution >= 4 is 15.6 Å². The van der Waals surface area contributed by atoms with Crippen molar-refractivity contribution in [3.63, 3.8) is 0 Å². The van der Waals surface area contributed by atoms with E-state index >= 15 is 0 Å². The van der Waals surface area contributed by atoms with E-state index in [1.807, 2.05) is 0 Å². The summed E-state index contributed by atoms with van der Waals surface area (Å²) in [5.74, 6) is 2.22. The first-order chi connectivity index (χ1) is 8.89. The smallest absolute Gasteiger partial charge is 0.303 e. The lowest BCUT2D eigenvalue weighted by atomic mass is 10.2. The third-order valence-electron chi connectivity index (χ3n) is 1.34. The quantitative estimate of drug-likeness (QED) is 0.367. The summed E-state index contributed by atoms with van der Waals surface area (Å²) in [4.78, 5) is 25.0. The van der Waals surface area contributed by atoms with Crippen molar-refractivity contribution in [2.75, 3.05) is 13.2 Å². The largest absolute Gasteiger partial charge is 0.473 e. The average molecular weight is 330 g/mol. The number of hydrogen-bond donors (Lipinski definition) is 3. The minimum absolute atomic E-state index is 0.106. The van der Waals surface area contributed by atoms with Crippen molar-refractivity contribution in [2.24, 2.45) is 0 Å². The molecule has 0 aromatic carbocycles. The number of phosphoric ester groups is 2. The van der Waals surface area contributed by atoms with Crippen LogP contribution in [0.25, 0.3) is 0 Å². The van der Waals surface area contributed by atoms with Crippen LogP contribution in [0.2, 0.25) is 0 Å². The van der Waals surface area contributed by atoms with Gasteiger partial charge in [0.05, 0.1) is 13.2 Å². The van der Waals surface area contributed by atoms with Crippen LogP contribution >= 0.6 is 15.6 Å². The molecule has 8 nitrogen and oxygen atoms in total. The van der Waals surface area contributed by atoms with Gasteiger partial charge < -0.3 is 14.7 Å². The van der Waals surface area contributed by atoms with Crippen LogP contribution in [-0.2, 0) is 22.7 Å². The lowest BCUT2D eigenvalue weighted by Gasteiger charge is -2.21. The Balaban J connectivity index is 0. The first kappa shape index (κ1) is 21.8. The zero-order chi connectivity index (χ0) is 16.4. The van der Waals surface area contributed by atoms with E-state index in [1.165, 1.54) is 19.9 Å². The van der Waals surface area contributed by atoms with Gasteiger partial charge in [-0.25, -0.2) is 9.13 Å². The maximum absolute atomic E-state index is 11.0. The maximum atomic E-state index is 11.0. The van der Waals surface area contributed by atoms with Gasteiger partial charge in [0.1, 0.15) is 5.60 Å². The van der Waals surface area contributed by atoms with Gasteiger partial charge in [0.15, 0.2) is 0 Å². The molecule has 0 saturated carbocycles. The molecule has 20 heavy (non-hydrogen) atoms. The predicted octanol–water partition coefficient (Wildman–Crippen LogP) is 1.83. The maximum Gasteiger partial charge on any atom is 0.473 e. The molecule has 10 heteroatoms. The molecule has 0 aliphatic carbocycles. The number of terminal acetylenes is 1. The predicted molar refractivity (Wildman–Crippen MR) is 73.6 cm³/mol. The van der Waals surface area contributed by atoms with Crippen LogP contribution in [0.1, 0.15) is 20.8 Å². The molecule has 0 saturated heterocycles. The van der Waals surface area contributed by atoms with E-state index in [-0.39, 0.29) is 13.2 Å². The molecule has 0 aromatic rings. The van der Waals surface area contributed by atoms with Crippen LogP contribution in [0.5, 0.6) is 0 Å². The fraction of sp³-hybridized carbons (Fsp3) is 0.600. The van der Waals surface area contributed by atoms with Gasteiger partial charge in [-0.2, -0.15) is 0 Å². The van der Waals surface area contributed by atoms with E-state index < -0.39 is 21.2 Å². The Morgan fingerprint density at radius 1 is 1.30 bits per heavy atom. The van der Waals surface area contributed by atoms with Crippen molar-refractivity contribution in [3.8, 4) is 12.3 Å². The average Bonchev–Trinajstić information content (AvgIpc) is 2.24. The molecule has 0 aliphatic rings. The Bertz CT molecular complexity index is 419. The van der Waals surface area contributed by atoms with Gasteiger partial charge in [-0.05, 0) is 20.8 Å². The topological polar surface area (TPSA) is 123 Å². The SMILES string of the molecule is C#CC(C)(C)OP(=O)(O)OCC.C=CCOP(=O)(O)O. The van der Waals surface area contributed by atoms with Crippen molar-refractivity contribution in [1.82, 2.24) is 0 Å². The van der Waals surface area contributed by atoms with Crippen molar-refractivity contribution in [3.05, 3.63) is 12.7 Å². The monoisotopic (exact) mass is 330 g/mol. The molecule has 118 valence electrons. The zero-order valence-electron chi connectivity index (χ0n) is 11.6. The molecule has 0 rings (SSSR count). The van der Waals surface area contributed by atoms with Gasteiger partial charge in [0.2, 0.25) is 0 Å². The Kier molecular flexibility index (Phi) is 10.3. The van der Waals surface area contributed by atoms with Gasteiger partial charge in [-0.3, -0.25) is 13.6 Å².